The summed E-state index contributed by atoms with van der Waals surface area (Å²) in [7, 11) is 1.35. The number of benzene rings is 1. The van der Waals surface area contributed by atoms with Gasteiger partial charge in [-0.1, -0.05) is 34.1 Å². The van der Waals surface area contributed by atoms with Crippen LogP contribution in [-0.4, -0.2) is 56.5 Å². The number of likely N-dealkylation sites (tertiary alicyclic amines) is 1. The Hall–Kier alpha value is -1.55. The second-order valence-electron chi connectivity index (χ2n) is 5.60. The van der Waals surface area contributed by atoms with Crippen molar-refractivity contribution in [2.75, 3.05) is 13.7 Å². The van der Waals surface area contributed by atoms with E-state index in [1.807, 2.05) is 29.2 Å². The minimum atomic E-state index is -0.561. The maximum Gasteiger partial charge on any atom is 0.323 e. The molecule has 2 aromatic rings. The van der Waals surface area contributed by atoms with Crippen molar-refractivity contribution in [1.29, 1.82) is 0 Å². The maximum absolute atomic E-state index is 11.9. The van der Waals surface area contributed by atoms with Crippen molar-refractivity contribution in [1.82, 2.24) is 19.7 Å². The van der Waals surface area contributed by atoms with Crippen molar-refractivity contribution in [3.05, 3.63) is 33.5 Å². The number of aliphatic hydroxyl groups is 1. The van der Waals surface area contributed by atoms with Crippen LogP contribution in [0.5, 0.6) is 0 Å². The Morgan fingerprint density at radius 2 is 2.29 bits per heavy atom. The van der Waals surface area contributed by atoms with Gasteiger partial charge in [0.25, 0.3) is 0 Å². The minimum Gasteiger partial charge on any atom is -0.468 e. The Kier molecular flexibility index (Phi) is 5.14. The second-order valence-corrected chi connectivity index (χ2v) is 6.82. The third kappa shape index (κ3) is 3.44. The van der Waals surface area contributed by atoms with E-state index in [4.69, 9.17) is 17.0 Å². The topological polar surface area (TPSA) is 83.4 Å². The number of methoxy groups -OCH3 is 1. The van der Waals surface area contributed by atoms with Gasteiger partial charge in [-0.15, -0.1) is 0 Å². The summed E-state index contributed by atoms with van der Waals surface area (Å²) >= 11 is 8.81. The average Bonchev–Trinajstić information content (AvgIpc) is 3.10. The molecule has 0 bridgehead atoms. The summed E-state index contributed by atoms with van der Waals surface area (Å²) in [6.07, 6.45) is -0.209. The highest BCUT2D eigenvalue weighted by Gasteiger charge is 2.37. The molecule has 7 nitrogen and oxygen atoms in total. The molecule has 0 aliphatic carbocycles. The lowest BCUT2D eigenvalue weighted by Crippen LogP contribution is -2.38. The largest absolute Gasteiger partial charge is 0.468 e. The molecule has 0 radical (unpaired) electrons. The molecular weight excluding hydrogens is 396 g/mol. The van der Waals surface area contributed by atoms with E-state index in [-0.39, 0.29) is 5.97 Å². The number of aliphatic hydroxyl groups excluding tert-OH is 1. The van der Waals surface area contributed by atoms with Crippen molar-refractivity contribution < 1.29 is 14.6 Å². The van der Waals surface area contributed by atoms with Gasteiger partial charge in [-0.05, 0) is 18.3 Å². The number of H-pyrrole nitrogens is 1. The number of ether oxygens (including phenoxy) is 1. The predicted octanol–water partition coefficient (Wildman–Crippen LogP) is 1.94. The highest BCUT2D eigenvalue weighted by Crippen LogP contribution is 2.25. The van der Waals surface area contributed by atoms with Gasteiger partial charge >= 0.3 is 5.97 Å². The second kappa shape index (κ2) is 7.14. The molecule has 0 saturated carbocycles. The fourth-order valence-electron chi connectivity index (χ4n) is 2.82. The fourth-order valence-corrected chi connectivity index (χ4v) is 3.49. The molecule has 1 aromatic carbocycles. The molecule has 1 aromatic heterocycles. The van der Waals surface area contributed by atoms with Crippen LogP contribution in [-0.2, 0) is 16.2 Å². The molecule has 2 N–H and O–H groups in total. The van der Waals surface area contributed by atoms with Crippen LogP contribution in [0.3, 0.4) is 0 Å². The first-order valence-electron chi connectivity index (χ1n) is 7.41. The summed E-state index contributed by atoms with van der Waals surface area (Å²) in [6.45, 7) is 0.706. The number of nitrogens with zero attached hydrogens (tertiary/aromatic N) is 3. The van der Waals surface area contributed by atoms with Gasteiger partial charge in [0.1, 0.15) is 6.04 Å². The quantitative estimate of drug-likeness (QED) is 0.589. The molecule has 1 fully saturated rings. The smallest absolute Gasteiger partial charge is 0.323 e. The molecule has 9 heteroatoms. The first kappa shape index (κ1) is 17.3. The van der Waals surface area contributed by atoms with Crippen LogP contribution in [0.1, 0.15) is 6.42 Å². The summed E-state index contributed by atoms with van der Waals surface area (Å²) in [6, 6.07) is 7.21. The Morgan fingerprint density at radius 3 is 3.00 bits per heavy atom. The number of β-amino-alcohol motifs (C(OH)–C–C–N with tert-alkyl or cyclic N) is 1. The molecule has 1 saturated heterocycles. The molecule has 24 heavy (non-hydrogen) atoms. The number of nitrogens with one attached hydrogen (secondary N) is 1. The van der Waals surface area contributed by atoms with Gasteiger partial charge in [0, 0.05) is 23.0 Å². The maximum atomic E-state index is 11.9. The summed E-state index contributed by atoms with van der Waals surface area (Å²) in [5, 5.41) is 13.0. The zero-order valence-electron chi connectivity index (χ0n) is 13.0. The van der Waals surface area contributed by atoms with Gasteiger partial charge in [-0.25, -0.2) is 4.68 Å². The molecule has 1 aliphatic rings. The molecule has 0 amide bonds. The first-order valence-corrected chi connectivity index (χ1v) is 8.61. The molecule has 2 atom stereocenters. The molecule has 2 heterocycles. The Labute approximate surface area is 152 Å². The zero-order valence-corrected chi connectivity index (χ0v) is 15.4. The van der Waals surface area contributed by atoms with Gasteiger partial charge in [-0.2, -0.15) is 4.98 Å². The van der Waals surface area contributed by atoms with Crippen LogP contribution in [0.15, 0.2) is 28.7 Å². The van der Waals surface area contributed by atoms with Gasteiger partial charge in [0.05, 0.1) is 19.9 Å². The average molecular weight is 413 g/mol. The first-order chi connectivity index (χ1) is 11.5. The Bertz CT molecular complexity index is 806. The predicted molar refractivity (Wildman–Crippen MR) is 93.7 cm³/mol. The SMILES string of the molecule is COC(=O)[C@@H]1C[C@H](O)CN1Cn1[nH]c(-c2ccccc2Br)nc1=S. The lowest BCUT2D eigenvalue weighted by atomic mass is 10.2. The fraction of sp³-hybridized carbons (Fsp3) is 0.400. The highest BCUT2D eigenvalue weighted by atomic mass is 79.9. The molecule has 0 unspecified atom stereocenters. The van der Waals surface area contributed by atoms with Crippen LogP contribution in [0.4, 0.5) is 0 Å². The van der Waals surface area contributed by atoms with Crippen LogP contribution in [0.2, 0.25) is 0 Å². The third-order valence-corrected chi connectivity index (χ3v) is 4.99. The van der Waals surface area contributed by atoms with Crippen molar-refractivity contribution in [3.63, 3.8) is 0 Å². The van der Waals surface area contributed by atoms with E-state index in [2.05, 4.69) is 26.0 Å². The van der Waals surface area contributed by atoms with E-state index in [0.29, 0.717) is 30.2 Å². The Morgan fingerprint density at radius 1 is 1.54 bits per heavy atom. The van der Waals surface area contributed by atoms with E-state index in [9.17, 15) is 9.90 Å². The number of aromatic amines is 1. The van der Waals surface area contributed by atoms with Gasteiger partial charge in [0.2, 0.25) is 4.77 Å². The van der Waals surface area contributed by atoms with E-state index < -0.39 is 12.1 Å². The van der Waals surface area contributed by atoms with E-state index >= 15 is 0 Å². The molecular formula is C15H17BrN4O3S. The normalized spacial score (nSPS) is 21.1. The number of halogens is 1. The van der Waals surface area contributed by atoms with E-state index in [1.165, 1.54) is 7.11 Å². The monoisotopic (exact) mass is 412 g/mol. The standard InChI is InChI=1S/C15H17BrN4O3S/c1-23-14(22)12-6-9(21)7-19(12)8-20-15(24)17-13(18-20)10-4-2-3-5-11(10)16/h2-5,9,12,21H,6-8H2,1H3,(H,17,18,24)/t9-,12-/m0/s1. The van der Waals surface area contributed by atoms with E-state index in [0.717, 1.165) is 10.0 Å². The van der Waals surface area contributed by atoms with Crippen molar-refractivity contribution in [2.24, 2.45) is 0 Å². The summed E-state index contributed by atoms with van der Waals surface area (Å²) in [5.41, 5.74) is 0.897. The van der Waals surface area contributed by atoms with E-state index in [1.54, 1.807) is 4.68 Å². The van der Waals surface area contributed by atoms with Crippen LogP contribution < -0.4 is 0 Å². The summed E-state index contributed by atoms with van der Waals surface area (Å²) in [5.74, 6) is 0.283. The molecule has 128 valence electrons. The summed E-state index contributed by atoms with van der Waals surface area (Å²) < 4.78 is 7.78. The number of aromatic nitrogens is 3. The van der Waals surface area contributed by atoms with Crippen molar-refractivity contribution in [2.45, 2.75) is 25.2 Å². The minimum absolute atomic E-state index is 0.327. The van der Waals surface area contributed by atoms with Gasteiger partial charge in [-0.3, -0.25) is 14.8 Å². The van der Waals surface area contributed by atoms with Gasteiger partial charge < -0.3 is 9.84 Å². The summed E-state index contributed by atoms with van der Waals surface area (Å²) in [4.78, 5) is 18.1. The van der Waals surface area contributed by atoms with Crippen molar-refractivity contribution in [3.8, 4) is 11.4 Å². The number of esters is 1. The lowest BCUT2D eigenvalue weighted by molar-refractivity contribution is -0.146. The number of hydrogen-bond donors (Lipinski definition) is 2. The van der Waals surface area contributed by atoms with Crippen LogP contribution in [0.25, 0.3) is 11.4 Å². The molecule has 1 aliphatic heterocycles. The zero-order chi connectivity index (χ0) is 17.3. The molecule has 0 spiro atoms. The highest BCUT2D eigenvalue weighted by molar-refractivity contribution is 9.10. The van der Waals surface area contributed by atoms with Gasteiger partial charge in [0.15, 0.2) is 5.82 Å². The van der Waals surface area contributed by atoms with Crippen LogP contribution >= 0.6 is 28.1 Å². The van der Waals surface area contributed by atoms with Crippen LogP contribution in [0, 0.1) is 4.77 Å². The number of carbonyl (C=O) groups excluding carboxylic acids is 1. The van der Waals surface area contributed by atoms with Crippen molar-refractivity contribution >= 4 is 34.1 Å². The Balaban J connectivity index is 1.85. The number of rotatable bonds is 4. The number of hydrogen-bond acceptors (Lipinski definition) is 6. The lowest BCUT2D eigenvalue weighted by Gasteiger charge is -2.21. The number of carbonyl (C=O) groups is 1. The molecule has 3 rings (SSSR count). The third-order valence-electron chi connectivity index (χ3n) is 3.99.